The van der Waals surface area contributed by atoms with Gasteiger partial charge in [-0.3, -0.25) is 0 Å². The Morgan fingerprint density at radius 2 is 2.56 bits per heavy atom. The highest BCUT2D eigenvalue weighted by atomic mass is 28.2. The first-order valence-electron chi connectivity index (χ1n) is 3.04. The first kappa shape index (κ1) is 6.76. The van der Waals surface area contributed by atoms with E-state index in [9.17, 15) is 4.79 Å². The fourth-order valence-electron chi connectivity index (χ4n) is 0.866. The Hall–Kier alpha value is -0.353. The lowest BCUT2D eigenvalue weighted by atomic mass is 10.2. The average Bonchev–Trinajstić information content (AvgIpc) is 1.89. The summed E-state index contributed by atoms with van der Waals surface area (Å²) in [6.45, 7) is 0.570. The zero-order chi connectivity index (χ0) is 6.69. The maximum atomic E-state index is 10.7. The van der Waals surface area contributed by atoms with Gasteiger partial charge in [0.1, 0.15) is 16.6 Å². The molecule has 3 nitrogen and oxygen atoms in total. The van der Waals surface area contributed by atoms with Gasteiger partial charge in [0.15, 0.2) is 0 Å². The smallest absolute Gasteiger partial charge is 0.333 e. The minimum absolute atomic E-state index is 0.184. The molecule has 52 valence electrons. The zero-order valence-electron chi connectivity index (χ0n) is 5.42. The van der Waals surface area contributed by atoms with Crippen molar-refractivity contribution in [3.05, 3.63) is 0 Å². The normalized spacial score (nSPS) is 28.0. The Balaban J connectivity index is 2.39. The van der Waals surface area contributed by atoms with Gasteiger partial charge in [0.2, 0.25) is 0 Å². The summed E-state index contributed by atoms with van der Waals surface area (Å²) in [5.74, 6) is -0.184. The molecule has 1 heterocycles. The van der Waals surface area contributed by atoms with Crippen molar-refractivity contribution < 1.29 is 14.0 Å². The van der Waals surface area contributed by atoms with Crippen LogP contribution in [0.1, 0.15) is 12.8 Å². The molecule has 0 saturated carbocycles. The molecule has 1 fully saturated rings. The second-order valence-electron chi connectivity index (χ2n) is 2.03. The summed E-state index contributed by atoms with van der Waals surface area (Å²) in [6, 6.07) is 0. The van der Waals surface area contributed by atoms with Crippen LogP contribution in [0.5, 0.6) is 0 Å². The van der Waals surface area contributed by atoms with Gasteiger partial charge < -0.3 is 9.16 Å². The van der Waals surface area contributed by atoms with Gasteiger partial charge >= 0.3 is 5.97 Å². The summed E-state index contributed by atoms with van der Waals surface area (Å²) < 4.78 is 9.71. The van der Waals surface area contributed by atoms with E-state index in [1.165, 1.54) is 0 Å². The van der Waals surface area contributed by atoms with Crippen molar-refractivity contribution in [3.63, 3.8) is 0 Å². The number of carbonyl (C=O) groups is 1. The Kier molecular flexibility index (Phi) is 2.24. The SMILES string of the molecule is O=C1OCCCC1O[SiH3]. The zero-order valence-corrected chi connectivity index (χ0v) is 7.42. The molecule has 0 bridgehead atoms. The van der Waals surface area contributed by atoms with Crippen molar-refractivity contribution in [3.8, 4) is 0 Å². The molecule has 1 rings (SSSR count). The summed E-state index contributed by atoms with van der Waals surface area (Å²) in [5, 5.41) is 0. The van der Waals surface area contributed by atoms with Gasteiger partial charge in [0.05, 0.1) is 6.61 Å². The molecule has 1 saturated heterocycles. The van der Waals surface area contributed by atoms with Crippen molar-refractivity contribution in [2.75, 3.05) is 6.61 Å². The topological polar surface area (TPSA) is 35.5 Å². The third-order valence-electron chi connectivity index (χ3n) is 1.40. The van der Waals surface area contributed by atoms with E-state index in [0.29, 0.717) is 17.1 Å². The molecule has 0 aromatic rings. The molecule has 0 N–H and O–H groups in total. The molecular formula is C5H10O3Si. The first-order valence-corrected chi connectivity index (χ1v) is 3.85. The van der Waals surface area contributed by atoms with Gasteiger partial charge in [0, 0.05) is 0 Å². The summed E-state index contributed by atoms with van der Waals surface area (Å²) >= 11 is 0. The molecule has 1 aliphatic heterocycles. The van der Waals surface area contributed by atoms with Crippen molar-refractivity contribution in [2.45, 2.75) is 18.9 Å². The van der Waals surface area contributed by atoms with Crippen LogP contribution < -0.4 is 0 Å². The predicted molar refractivity (Wildman–Crippen MR) is 35.0 cm³/mol. The van der Waals surface area contributed by atoms with Gasteiger partial charge in [-0.15, -0.1) is 0 Å². The average molecular weight is 146 g/mol. The van der Waals surface area contributed by atoms with Crippen molar-refractivity contribution >= 4 is 16.5 Å². The molecule has 0 radical (unpaired) electrons. The molecule has 0 aromatic carbocycles. The maximum absolute atomic E-state index is 10.7. The predicted octanol–water partition coefficient (Wildman–Crippen LogP) is -1.01. The standard InChI is InChI=1S/C5H10O3Si/c6-5-4(8-9)2-1-3-7-5/h4H,1-3H2,9H3. The van der Waals surface area contributed by atoms with Crippen LogP contribution in [0.3, 0.4) is 0 Å². The first-order chi connectivity index (χ1) is 4.34. The Morgan fingerprint density at radius 1 is 1.78 bits per heavy atom. The molecule has 0 aliphatic carbocycles. The molecule has 1 aliphatic rings. The van der Waals surface area contributed by atoms with E-state index in [2.05, 4.69) is 0 Å². The van der Waals surface area contributed by atoms with Gasteiger partial charge in [-0.1, -0.05) is 0 Å². The lowest BCUT2D eigenvalue weighted by molar-refractivity contribution is -0.156. The monoisotopic (exact) mass is 146 g/mol. The van der Waals surface area contributed by atoms with E-state index in [0.717, 1.165) is 12.8 Å². The summed E-state index contributed by atoms with van der Waals surface area (Å²) in [4.78, 5) is 10.7. The van der Waals surface area contributed by atoms with Crippen LogP contribution in [0.15, 0.2) is 0 Å². The largest absolute Gasteiger partial charge is 0.464 e. The molecule has 1 unspecified atom stereocenters. The lowest BCUT2D eigenvalue weighted by Crippen LogP contribution is -2.30. The summed E-state index contributed by atoms with van der Waals surface area (Å²) in [6.07, 6.45) is 1.53. The molecular weight excluding hydrogens is 136 g/mol. The lowest BCUT2D eigenvalue weighted by Gasteiger charge is -2.19. The highest BCUT2D eigenvalue weighted by Crippen LogP contribution is 2.09. The van der Waals surface area contributed by atoms with Crippen LogP contribution in [0.25, 0.3) is 0 Å². The van der Waals surface area contributed by atoms with E-state index in [1.54, 1.807) is 0 Å². The van der Waals surface area contributed by atoms with Gasteiger partial charge in [0.25, 0.3) is 0 Å². The number of esters is 1. The molecule has 0 spiro atoms. The molecule has 1 atom stereocenters. The number of rotatable bonds is 1. The maximum Gasteiger partial charge on any atom is 0.333 e. The number of carbonyl (C=O) groups excluding carboxylic acids is 1. The van der Waals surface area contributed by atoms with Crippen LogP contribution in [0.2, 0.25) is 0 Å². The van der Waals surface area contributed by atoms with Crippen molar-refractivity contribution in [1.82, 2.24) is 0 Å². The number of ether oxygens (including phenoxy) is 1. The van der Waals surface area contributed by atoms with Crippen molar-refractivity contribution in [1.29, 1.82) is 0 Å². The minimum atomic E-state index is -0.245. The van der Waals surface area contributed by atoms with E-state index in [4.69, 9.17) is 9.16 Å². The Bertz CT molecular complexity index is 115. The quantitative estimate of drug-likeness (QED) is 0.351. The van der Waals surface area contributed by atoms with E-state index in [1.807, 2.05) is 0 Å². The van der Waals surface area contributed by atoms with Gasteiger partial charge in [-0.05, 0) is 12.8 Å². The fraction of sp³-hybridized carbons (Fsp3) is 0.800. The van der Waals surface area contributed by atoms with Gasteiger partial charge in [-0.2, -0.15) is 0 Å². The second kappa shape index (κ2) is 2.98. The van der Waals surface area contributed by atoms with Gasteiger partial charge in [-0.25, -0.2) is 4.79 Å². The van der Waals surface area contributed by atoms with E-state index in [-0.39, 0.29) is 12.1 Å². The fourth-order valence-corrected chi connectivity index (χ4v) is 1.29. The molecule has 0 amide bonds. The number of hydrogen-bond donors (Lipinski definition) is 0. The van der Waals surface area contributed by atoms with Crippen molar-refractivity contribution in [2.24, 2.45) is 0 Å². The molecule has 0 aromatic heterocycles. The summed E-state index contributed by atoms with van der Waals surface area (Å²) in [5.41, 5.74) is 0. The highest BCUT2D eigenvalue weighted by Gasteiger charge is 2.22. The van der Waals surface area contributed by atoms with E-state index < -0.39 is 0 Å². The number of hydrogen-bond acceptors (Lipinski definition) is 3. The van der Waals surface area contributed by atoms with Crippen LogP contribution in [0, 0.1) is 0 Å². The van der Waals surface area contributed by atoms with Crippen LogP contribution >= 0.6 is 0 Å². The minimum Gasteiger partial charge on any atom is -0.464 e. The Labute approximate surface area is 56.9 Å². The molecule has 9 heavy (non-hydrogen) atoms. The summed E-state index contributed by atoms with van der Waals surface area (Å²) in [7, 11) is 0.617. The van der Waals surface area contributed by atoms with E-state index >= 15 is 0 Å². The van der Waals surface area contributed by atoms with Crippen LogP contribution in [-0.2, 0) is 14.0 Å². The van der Waals surface area contributed by atoms with Crippen LogP contribution in [-0.4, -0.2) is 29.2 Å². The van der Waals surface area contributed by atoms with Crippen LogP contribution in [0.4, 0.5) is 0 Å². The number of cyclic esters (lactones) is 1. The second-order valence-corrected chi connectivity index (χ2v) is 2.51. The molecule has 4 heteroatoms. The third kappa shape index (κ3) is 1.52. The Morgan fingerprint density at radius 3 is 3.00 bits per heavy atom. The highest BCUT2D eigenvalue weighted by molar-refractivity contribution is 5.99. The third-order valence-corrected chi connectivity index (χ3v) is 1.97.